The highest BCUT2D eigenvalue weighted by Gasteiger charge is 2.28. The SMILES string of the molecule is Cc1nn(C)c(CC2=CC(Cl)CC(C)(C)C2)c1Cl. The zero-order chi connectivity index (χ0) is 13.5. The van der Waals surface area contributed by atoms with Crippen LogP contribution in [-0.4, -0.2) is 15.2 Å². The molecule has 4 heteroatoms. The second kappa shape index (κ2) is 4.90. The molecule has 0 bridgehead atoms. The Kier molecular flexibility index (Phi) is 3.80. The third kappa shape index (κ3) is 2.92. The Morgan fingerprint density at radius 1 is 1.50 bits per heavy atom. The topological polar surface area (TPSA) is 17.8 Å². The maximum atomic E-state index is 6.32. The van der Waals surface area contributed by atoms with E-state index in [1.54, 1.807) is 0 Å². The highest BCUT2D eigenvalue weighted by molar-refractivity contribution is 6.31. The predicted octanol–water partition coefficient (Wildman–Crippen LogP) is 4.28. The zero-order valence-electron chi connectivity index (χ0n) is 11.4. The number of aromatic nitrogens is 2. The van der Waals surface area contributed by atoms with Crippen LogP contribution in [0.15, 0.2) is 11.6 Å². The maximum absolute atomic E-state index is 6.32. The van der Waals surface area contributed by atoms with Crippen LogP contribution >= 0.6 is 23.2 Å². The van der Waals surface area contributed by atoms with Crippen LogP contribution in [0.2, 0.25) is 5.02 Å². The first-order valence-corrected chi connectivity index (χ1v) is 7.11. The van der Waals surface area contributed by atoms with E-state index >= 15 is 0 Å². The van der Waals surface area contributed by atoms with Gasteiger partial charge >= 0.3 is 0 Å². The third-order valence-electron chi connectivity index (χ3n) is 3.53. The maximum Gasteiger partial charge on any atom is 0.0850 e. The van der Waals surface area contributed by atoms with E-state index in [1.807, 2.05) is 18.7 Å². The number of hydrogen-bond donors (Lipinski definition) is 0. The van der Waals surface area contributed by atoms with Crippen molar-refractivity contribution in [1.82, 2.24) is 9.78 Å². The Bertz CT molecular complexity index is 486. The number of aryl methyl sites for hydroxylation is 2. The summed E-state index contributed by atoms with van der Waals surface area (Å²) in [6, 6.07) is 0. The molecule has 0 N–H and O–H groups in total. The summed E-state index contributed by atoms with van der Waals surface area (Å²) >= 11 is 12.6. The number of alkyl halides is 1. The molecule has 1 aromatic heterocycles. The van der Waals surface area contributed by atoms with Gasteiger partial charge in [0.25, 0.3) is 0 Å². The summed E-state index contributed by atoms with van der Waals surface area (Å²) in [5.41, 5.74) is 3.63. The Balaban J connectivity index is 2.24. The minimum absolute atomic E-state index is 0.136. The lowest BCUT2D eigenvalue weighted by Gasteiger charge is -2.32. The van der Waals surface area contributed by atoms with Crippen molar-refractivity contribution in [2.45, 2.75) is 45.4 Å². The van der Waals surface area contributed by atoms with E-state index in [4.69, 9.17) is 23.2 Å². The predicted molar refractivity (Wildman–Crippen MR) is 77.4 cm³/mol. The molecule has 1 aromatic rings. The standard InChI is InChI=1S/C14H20Cl2N2/c1-9-13(16)12(18(4)17-9)6-10-5-11(15)8-14(2,3)7-10/h5,11H,6-8H2,1-4H3. The Morgan fingerprint density at radius 2 is 2.17 bits per heavy atom. The zero-order valence-corrected chi connectivity index (χ0v) is 12.9. The lowest BCUT2D eigenvalue weighted by atomic mass is 9.76. The average Bonchev–Trinajstić information content (AvgIpc) is 2.42. The molecular formula is C14H20Cl2N2. The Morgan fingerprint density at radius 3 is 2.67 bits per heavy atom. The number of nitrogens with zero attached hydrogens (tertiary/aromatic N) is 2. The first-order valence-electron chi connectivity index (χ1n) is 6.30. The second-order valence-corrected chi connectivity index (χ2v) is 6.97. The molecule has 0 saturated carbocycles. The molecule has 0 radical (unpaired) electrons. The van der Waals surface area contributed by atoms with Crippen molar-refractivity contribution in [3.8, 4) is 0 Å². The summed E-state index contributed by atoms with van der Waals surface area (Å²) in [7, 11) is 1.95. The van der Waals surface area contributed by atoms with Gasteiger partial charge in [-0.3, -0.25) is 4.68 Å². The van der Waals surface area contributed by atoms with Gasteiger partial charge in [0, 0.05) is 13.5 Å². The molecule has 0 fully saturated rings. The van der Waals surface area contributed by atoms with Gasteiger partial charge in [-0.2, -0.15) is 5.10 Å². The minimum atomic E-state index is 0.136. The molecule has 1 unspecified atom stereocenters. The van der Waals surface area contributed by atoms with E-state index in [1.165, 1.54) is 5.57 Å². The van der Waals surface area contributed by atoms with Crippen LogP contribution in [-0.2, 0) is 13.5 Å². The molecule has 0 saturated heterocycles. The van der Waals surface area contributed by atoms with Crippen LogP contribution in [0.1, 0.15) is 38.1 Å². The molecule has 18 heavy (non-hydrogen) atoms. The molecule has 2 nitrogen and oxygen atoms in total. The summed E-state index contributed by atoms with van der Waals surface area (Å²) in [4.78, 5) is 0. The number of halogens is 2. The molecule has 0 aromatic carbocycles. The summed E-state index contributed by atoms with van der Waals surface area (Å²) in [6.45, 7) is 6.48. The summed E-state index contributed by atoms with van der Waals surface area (Å²) in [5, 5.41) is 5.28. The van der Waals surface area contributed by atoms with Gasteiger partial charge in [0.1, 0.15) is 0 Å². The van der Waals surface area contributed by atoms with E-state index < -0.39 is 0 Å². The van der Waals surface area contributed by atoms with Crippen molar-refractivity contribution in [1.29, 1.82) is 0 Å². The van der Waals surface area contributed by atoms with E-state index in [2.05, 4.69) is 25.0 Å². The van der Waals surface area contributed by atoms with Crippen LogP contribution in [0, 0.1) is 12.3 Å². The van der Waals surface area contributed by atoms with Gasteiger partial charge in [-0.1, -0.05) is 37.1 Å². The molecule has 0 aliphatic heterocycles. The molecule has 1 heterocycles. The van der Waals surface area contributed by atoms with Gasteiger partial charge in [-0.05, 0) is 25.2 Å². The van der Waals surface area contributed by atoms with Crippen molar-refractivity contribution in [3.63, 3.8) is 0 Å². The van der Waals surface area contributed by atoms with Crippen molar-refractivity contribution < 1.29 is 0 Å². The monoisotopic (exact) mass is 286 g/mol. The highest BCUT2D eigenvalue weighted by Crippen LogP contribution is 2.39. The van der Waals surface area contributed by atoms with Crippen LogP contribution in [0.5, 0.6) is 0 Å². The molecule has 0 amide bonds. The van der Waals surface area contributed by atoms with Crippen LogP contribution < -0.4 is 0 Å². The quantitative estimate of drug-likeness (QED) is 0.586. The molecule has 1 atom stereocenters. The number of allylic oxidation sites excluding steroid dienone is 2. The minimum Gasteiger partial charge on any atom is -0.271 e. The van der Waals surface area contributed by atoms with Gasteiger partial charge in [-0.25, -0.2) is 0 Å². The molecular weight excluding hydrogens is 267 g/mol. The highest BCUT2D eigenvalue weighted by atomic mass is 35.5. The largest absolute Gasteiger partial charge is 0.271 e. The normalized spacial score (nSPS) is 23.0. The number of hydrogen-bond acceptors (Lipinski definition) is 1. The molecule has 2 rings (SSSR count). The summed E-state index contributed by atoms with van der Waals surface area (Å²) < 4.78 is 1.88. The summed E-state index contributed by atoms with van der Waals surface area (Å²) in [6.07, 6.45) is 5.15. The van der Waals surface area contributed by atoms with Gasteiger partial charge in [-0.15, -0.1) is 11.6 Å². The van der Waals surface area contributed by atoms with Crippen LogP contribution in [0.3, 0.4) is 0 Å². The first kappa shape index (κ1) is 14.0. The Labute approximate surface area is 119 Å². The number of rotatable bonds is 2. The second-order valence-electron chi connectivity index (χ2n) is 6.03. The fraction of sp³-hybridized carbons (Fsp3) is 0.643. The van der Waals surface area contributed by atoms with Gasteiger partial charge in [0.15, 0.2) is 0 Å². The van der Waals surface area contributed by atoms with E-state index in [9.17, 15) is 0 Å². The van der Waals surface area contributed by atoms with E-state index in [0.717, 1.165) is 35.7 Å². The third-order valence-corrected chi connectivity index (χ3v) is 4.30. The fourth-order valence-corrected chi connectivity index (χ4v) is 3.62. The Hall–Kier alpha value is -0.470. The van der Waals surface area contributed by atoms with Crippen LogP contribution in [0.25, 0.3) is 0 Å². The van der Waals surface area contributed by atoms with E-state index in [0.29, 0.717) is 0 Å². The molecule has 0 spiro atoms. The van der Waals surface area contributed by atoms with Crippen molar-refractivity contribution in [2.24, 2.45) is 12.5 Å². The van der Waals surface area contributed by atoms with Crippen molar-refractivity contribution in [3.05, 3.63) is 28.1 Å². The van der Waals surface area contributed by atoms with Crippen molar-refractivity contribution in [2.75, 3.05) is 0 Å². The molecule has 1 aliphatic rings. The van der Waals surface area contributed by atoms with Crippen molar-refractivity contribution >= 4 is 23.2 Å². The van der Waals surface area contributed by atoms with E-state index in [-0.39, 0.29) is 10.8 Å². The van der Waals surface area contributed by atoms with Gasteiger partial charge < -0.3 is 0 Å². The van der Waals surface area contributed by atoms with Gasteiger partial charge in [0.2, 0.25) is 0 Å². The smallest absolute Gasteiger partial charge is 0.0850 e. The molecule has 100 valence electrons. The lowest BCUT2D eigenvalue weighted by molar-refractivity contribution is 0.320. The first-order chi connectivity index (χ1) is 8.28. The van der Waals surface area contributed by atoms with Crippen LogP contribution in [0.4, 0.5) is 0 Å². The van der Waals surface area contributed by atoms with Gasteiger partial charge in [0.05, 0.1) is 21.8 Å². The average molecular weight is 287 g/mol. The lowest BCUT2D eigenvalue weighted by Crippen LogP contribution is -2.23. The fourth-order valence-electron chi connectivity index (χ4n) is 2.80. The summed E-state index contributed by atoms with van der Waals surface area (Å²) in [5.74, 6) is 0. The molecule has 1 aliphatic carbocycles.